The van der Waals surface area contributed by atoms with Gasteiger partial charge in [-0.1, -0.05) is 176 Å². The molecular formula is C69H43N7. The molecule has 0 saturated heterocycles. The van der Waals surface area contributed by atoms with Crippen molar-refractivity contribution in [3.8, 4) is 56.9 Å². The Labute approximate surface area is 436 Å². The van der Waals surface area contributed by atoms with Crippen LogP contribution in [0.4, 0.5) is 0 Å². The Morgan fingerprint density at radius 1 is 0.211 bits per heavy atom. The highest BCUT2D eigenvalue weighted by Crippen LogP contribution is 2.44. The van der Waals surface area contributed by atoms with Crippen LogP contribution in [0, 0.1) is 0 Å². The van der Waals surface area contributed by atoms with Crippen molar-refractivity contribution >= 4 is 87.2 Å². The number of aromatic nitrogens is 7. The smallest absolute Gasteiger partial charge is 0.238 e. The third kappa shape index (κ3) is 6.33. The number of benzene rings is 11. The third-order valence-corrected chi connectivity index (χ3v) is 15.4. The normalized spacial score (nSPS) is 11.9. The van der Waals surface area contributed by atoms with Crippen molar-refractivity contribution in [1.29, 1.82) is 0 Å². The minimum absolute atomic E-state index is 0.556. The summed E-state index contributed by atoms with van der Waals surface area (Å²) in [5.74, 6) is 1.78. The first-order valence-electron chi connectivity index (χ1n) is 25.8. The topological polar surface area (TPSA) is 58.4 Å². The number of fused-ring (bicyclic) bond motifs is 13. The average molecular weight is 970 g/mol. The van der Waals surface area contributed by atoms with Gasteiger partial charge in [0.15, 0.2) is 11.6 Å². The molecule has 7 nitrogen and oxygen atoms in total. The molecule has 354 valence electrons. The van der Waals surface area contributed by atoms with Crippen molar-refractivity contribution < 1.29 is 0 Å². The van der Waals surface area contributed by atoms with E-state index in [1.165, 1.54) is 38.1 Å². The lowest BCUT2D eigenvalue weighted by molar-refractivity contribution is 0.953. The predicted octanol–water partition coefficient (Wildman–Crippen LogP) is 17.3. The first-order valence-corrected chi connectivity index (χ1v) is 25.8. The van der Waals surface area contributed by atoms with Gasteiger partial charge >= 0.3 is 0 Å². The molecule has 0 atom stereocenters. The lowest BCUT2D eigenvalue weighted by Gasteiger charge is -2.14. The molecule has 0 aliphatic rings. The Morgan fingerprint density at radius 2 is 0.579 bits per heavy atom. The molecular weight excluding hydrogens is 927 g/mol. The quantitative estimate of drug-likeness (QED) is 0.160. The van der Waals surface area contributed by atoms with Gasteiger partial charge < -0.3 is 13.7 Å². The summed E-state index contributed by atoms with van der Waals surface area (Å²) in [6.07, 6.45) is 0. The van der Waals surface area contributed by atoms with E-state index in [0.29, 0.717) is 17.6 Å². The van der Waals surface area contributed by atoms with E-state index in [9.17, 15) is 0 Å². The van der Waals surface area contributed by atoms with Crippen LogP contribution in [0.3, 0.4) is 0 Å². The van der Waals surface area contributed by atoms with Gasteiger partial charge in [-0.3, -0.25) is 4.57 Å². The van der Waals surface area contributed by atoms with E-state index < -0.39 is 0 Å². The Kier molecular flexibility index (Phi) is 9.20. The molecule has 0 unspecified atom stereocenters. The molecule has 0 bridgehead atoms. The number of para-hydroxylation sites is 5. The van der Waals surface area contributed by atoms with Gasteiger partial charge in [0.1, 0.15) is 0 Å². The molecule has 11 aromatic carbocycles. The van der Waals surface area contributed by atoms with Crippen LogP contribution < -0.4 is 0 Å². The summed E-state index contributed by atoms with van der Waals surface area (Å²) in [5.41, 5.74) is 16.4. The molecule has 0 N–H and O–H groups in total. The van der Waals surface area contributed by atoms with Crippen LogP contribution in [0.2, 0.25) is 0 Å². The first kappa shape index (κ1) is 42.2. The summed E-state index contributed by atoms with van der Waals surface area (Å²) in [7, 11) is 0. The maximum atomic E-state index is 5.35. The lowest BCUT2D eigenvalue weighted by Crippen LogP contribution is -2.07. The van der Waals surface area contributed by atoms with Crippen LogP contribution in [0.15, 0.2) is 261 Å². The van der Waals surface area contributed by atoms with Crippen LogP contribution in [0.25, 0.3) is 144 Å². The average Bonchev–Trinajstić information content (AvgIpc) is 4.41. The van der Waals surface area contributed by atoms with E-state index in [0.717, 1.165) is 88.4 Å². The van der Waals surface area contributed by atoms with Gasteiger partial charge in [0.25, 0.3) is 0 Å². The molecule has 0 spiro atoms. The Morgan fingerprint density at radius 3 is 1.09 bits per heavy atom. The van der Waals surface area contributed by atoms with Crippen molar-refractivity contribution in [2.45, 2.75) is 0 Å². The molecule has 0 saturated carbocycles. The van der Waals surface area contributed by atoms with E-state index in [2.05, 4.69) is 243 Å². The minimum atomic E-state index is 0.556. The summed E-state index contributed by atoms with van der Waals surface area (Å²) in [5, 5.41) is 9.35. The minimum Gasteiger partial charge on any atom is -0.309 e. The fourth-order valence-corrected chi connectivity index (χ4v) is 12.1. The van der Waals surface area contributed by atoms with Crippen molar-refractivity contribution in [2.75, 3.05) is 0 Å². The maximum absolute atomic E-state index is 5.35. The molecule has 5 heterocycles. The molecule has 7 heteroatoms. The molecule has 0 aliphatic carbocycles. The maximum Gasteiger partial charge on any atom is 0.238 e. The SMILES string of the molecule is c1ccc(-c2nc(-c3ccccc3)nc(-n3c4ccccc4c4ccc5c6ccccc6n(-c6ccc7c(c6)c6cc(-c8ccc9c(c8)c8ccccc8n9-c8ccccc8)ccc6n7-c6ccccc6)c5c43)n2)cc1. The van der Waals surface area contributed by atoms with Crippen LogP contribution in [-0.4, -0.2) is 33.2 Å². The fourth-order valence-electron chi connectivity index (χ4n) is 12.1. The summed E-state index contributed by atoms with van der Waals surface area (Å²) >= 11 is 0. The van der Waals surface area contributed by atoms with E-state index >= 15 is 0 Å². The fraction of sp³-hybridized carbons (Fsp3) is 0. The largest absolute Gasteiger partial charge is 0.309 e. The van der Waals surface area contributed by atoms with Crippen LogP contribution in [0.5, 0.6) is 0 Å². The summed E-state index contributed by atoms with van der Waals surface area (Å²) < 4.78 is 9.52. The Hall–Kier alpha value is -10.4. The zero-order chi connectivity index (χ0) is 49.8. The number of nitrogens with zero attached hydrogens (tertiary/aromatic N) is 7. The monoisotopic (exact) mass is 969 g/mol. The third-order valence-electron chi connectivity index (χ3n) is 15.4. The van der Waals surface area contributed by atoms with E-state index in [1.807, 2.05) is 36.4 Å². The predicted molar refractivity (Wildman–Crippen MR) is 313 cm³/mol. The molecule has 0 fully saturated rings. The van der Waals surface area contributed by atoms with Gasteiger partial charge in [-0.25, -0.2) is 4.98 Å². The van der Waals surface area contributed by atoms with Crippen molar-refractivity contribution in [3.63, 3.8) is 0 Å². The zero-order valence-electron chi connectivity index (χ0n) is 41.0. The molecule has 0 aliphatic heterocycles. The summed E-state index contributed by atoms with van der Waals surface area (Å²) in [6, 6.07) is 93.5. The Bertz CT molecular complexity index is 4910. The molecule has 0 radical (unpaired) electrons. The van der Waals surface area contributed by atoms with Gasteiger partial charge in [0.2, 0.25) is 5.95 Å². The van der Waals surface area contributed by atoms with Crippen LogP contribution in [0.1, 0.15) is 0 Å². The highest BCUT2D eigenvalue weighted by atomic mass is 15.2. The number of hydrogen-bond acceptors (Lipinski definition) is 3. The van der Waals surface area contributed by atoms with Gasteiger partial charge in [0.05, 0.1) is 44.1 Å². The summed E-state index contributed by atoms with van der Waals surface area (Å²) in [6.45, 7) is 0. The first-order chi connectivity index (χ1) is 37.7. The van der Waals surface area contributed by atoms with Gasteiger partial charge in [-0.2, -0.15) is 9.97 Å². The van der Waals surface area contributed by atoms with Crippen LogP contribution >= 0.6 is 0 Å². The second-order valence-electron chi connectivity index (χ2n) is 19.6. The molecule has 0 amide bonds. The lowest BCUT2D eigenvalue weighted by atomic mass is 10.0. The van der Waals surface area contributed by atoms with E-state index in [-0.39, 0.29) is 0 Å². The second-order valence-corrected chi connectivity index (χ2v) is 19.6. The van der Waals surface area contributed by atoms with E-state index in [4.69, 9.17) is 15.0 Å². The van der Waals surface area contributed by atoms with Gasteiger partial charge in [0, 0.05) is 71.3 Å². The number of rotatable bonds is 7. The standard InChI is InChI=1S/C69H43N7/c1-5-19-44(20-6-1)67-70-68(45-21-7-2-8-22-45)72-69(71-67)76-61-32-18-14-28-52(61)55-37-36-54-51-27-13-17-31-60(51)75(65(54)66(55)76)50-35-40-64-58(43-50)57-42-47(34-39-63(57)74(64)49-25-11-4-12-26-49)46-33-38-62-56(41-46)53-29-15-16-30-59(53)73(62)48-23-9-3-10-24-48/h1-43H. The molecule has 76 heavy (non-hydrogen) atoms. The Balaban J connectivity index is 0.963. The zero-order valence-corrected chi connectivity index (χ0v) is 41.0. The van der Waals surface area contributed by atoms with Crippen molar-refractivity contribution in [2.24, 2.45) is 0 Å². The van der Waals surface area contributed by atoms with Crippen molar-refractivity contribution in [3.05, 3.63) is 261 Å². The van der Waals surface area contributed by atoms with E-state index in [1.54, 1.807) is 0 Å². The molecule has 5 aromatic heterocycles. The summed E-state index contributed by atoms with van der Waals surface area (Å²) in [4.78, 5) is 15.8. The number of hydrogen-bond donors (Lipinski definition) is 0. The molecule has 16 rings (SSSR count). The van der Waals surface area contributed by atoms with Gasteiger partial charge in [-0.05, 0) is 96.1 Å². The van der Waals surface area contributed by atoms with Crippen molar-refractivity contribution in [1.82, 2.24) is 33.2 Å². The van der Waals surface area contributed by atoms with Gasteiger partial charge in [-0.15, -0.1) is 0 Å². The molecule has 16 aromatic rings. The van der Waals surface area contributed by atoms with Crippen LogP contribution in [-0.2, 0) is 0 Å². The highest BCUT2D eigenvalue weighted by Gasteiger charge is 2.25. The second kappa shape index (κ2) is 16.6. The highest BCUT2D eigenvalue weighted by molar-refractivity contribution is 6.24.